The van der Waals surface area contributed by atoms with E-state index in [9.17, 15) is 4.79 Å². The molecule has 0 aromatic carbocycles. The van der Waals surface area contributed by atoms with Crippen LogP contribution >= 0.6 is 11.6 Å². The second-order valence-corrected chi connectivity index (χ2v) is 5.55. The summed E-state index contributed by atoms with van der Waals surface area (Å²) in [6.45, 7) is 3.57. The number of hydrogen-bond donors (Lipinski definition) is 1. The molecule has 1 N–H and O–H groups in total. The van der Waals surface area contributed by atoms with Crippen LogP contribution in [0.1, 0.15) is 51.9 Å². The van der Waals surface area contributed by atoms with Crippen LogP contribution in [-0.2, 0) is 9.53 Å². The molecule has 4 heteroatoms. The van der Waals surface area contributed by atoms with E-state index in [1.165, 1.54) is 12.8 Å². The zero-order valence-electron chi connectivity index (χ0n) is 10.7. The van der Waals surface area contributed by atoms with E-state index in [2.05, 4.69) is 5.32 Å². The molecular weight excluding hydrogens is 238 g/mol. The average Bonchev–Trinajstić information content (AvgIpc) is 2.33. The molecule has 0 radical (unpaired) electrons. The molecule has 2 atom stereocenters. The van der Waals surface area contributed by atoms with Gasteiger partial charge in [-0.25, -0.2) is 0 Å². The molecule has 100 valence electrons. The maximum Gasteiger partial charge on any atom is 0.220 e. The average molecular weight is 262 g/mol. The molecule has 0 aromatic heterocycles. The van der Waals surface area contributed by atoms with Crippen molar-refractivity contribution < 1.29 is 9.53 Å². The van der Waals surface area contributed by atoms with Gasteiger partial charge in [0.25, 0.3) is 0 Å². The molecule has 1 heterocycles. The van der Waals surface area contributed by atoms with Crippen molar-refractivity contribution in [2.45, 2.75) is 63.4 Å². The fourth-order valence-corrected chi connectivity index (χ4v) is 2.18. The first-order valence-electron chi connectivity index (χ1n) is 6.71. The second-order valence-electron chi connectivity index (χ2n) is 4.80. The van der Waals surface area contributed by atoms with Crippen LogP contribution in [0, 0.1) is 0 Å². The van der Waals surface area contributed by atoms with Gasteiger partial charge >= 0.3 is 0 Å². The fraction of sp³-hybridized carbons (Fsp3) is 0.923. The molecule has 0 aliphatic carbocycles. The lowest BCUT2D eigenvalue weighted by atomic mass is 10.0. The number of carbonyl (C=O) groups excluding carboxylic acids is 1. The van der Waals surface area contributed by atoms with Gasteiger partial charge < -0.3 is 10.1 Å². The maximum absolute atomic E-state index is 11.5. The molecule has 1 fully saturated rings. The highest BCUT2D eigenvalue weighted by atomic mass is 35.5. The summed E-state index contributed by atoms with van der Waals surface area (Å²) in [5, 5.41) is 3.12. The number of ether oxygens (including phenoxy) is 1. The molecule has 1 aliphatic rings. The van der Waals surface area contributed by atoms with Crippen molar-refractivity contribution in [2.75, 3.05) is 13.2 Å². The van der Waals surface area contributed by atoms with Crippen LogP contribution in [0.5, 0.6) is 0 Å². The van der Waals surface area contributed by atoms with Crippen molar-refractivity contribution in [1.82, 2.24) is 5.32 Å². The second kappa shape index (κ2) is 8.76. The summed E-state index contributed by atoms with van der Waals surface area (Å²) >= 11 is 5.83. The summed E-state index contributed by atoms with van der Waals surface area (Å²) in [5.41, 5.74) is 0. The quantitative estimate of drug-likeness (QED) is 0.565. The lowest BCUT2D eigenvalue weighted by molar-refractivity contribution is -0.122. The van der Waals surface area contributed by atoms with E-state index in [-0.39, 0.29) is 11.3 Å². The molecule has 0 saturated carbocycles. The van der Waals surface area contributed by atoms with E-state index in [1.807, 2.05) is 6.92 Å². The molecule has 1 amide bonds. The van der Waals surface area contributed by atoms with Crippen molar-refractivity contribution in [3.63, 3.8) is 0 Å². The van der Waals surface area contributed by atoms with Crippen molar-refractivity contribution >= 4 is 17.5 Å². The van der Waals surface area contributed by atoms with Crippen LogP contribution in [0.15, 0.2) is 0 Å². The van der Waals surface area contributed by atoms with Gasteiger partial charge in [-0.05, 0) is 45.4 Å². The zero-order valence-corrected chi connectivity index (χ0v) is 11.5. The molecule has 1 saturated heterocycles. The first-order valence-corrected chi connectivity index (χ1v) is 7.14. The molecule has 1 aliphatic heterocycles. The van der Waals surface area contributed by atoms with Gasteiger partial charge in [-0.1, -0.05) is 0 Å². The normalized spacial score (nSPS) is 22.1. The van der Waals surface area contributed by atoms with Gasteiger partial charge in [0.15, 0.2) is 0 Å². The van der Waals surface area contributed by atoms with Gasteiger partial charge in [0.05, 0.1) is 6.10 Å². The fourth-order valence-electron chi connectivity index (χ4n) is 2.03. The third kappa shape index (κ3) is 7.61. The number of halogens is 1. The molecule has 3 nitrogen and oxygen atoms in total. The largest absolute Gasteiger partial charge is 0.378 e. The maximum atomic E-state index is 11.5. The Morgan fingerprint density at radius 3 is 3.00 bits per heavy atom. The van der Waals surface area contributed by atoms with E-state index in [1.54, 1.807) is 0 Å². The van der Waals surface area contributed by atoms with Crippen LogP contribution in [0.25, 0.3) is 0 Å². The molecule has 2 unspecified atom stereocenters. The van der Waals surface area contributed by atoms with Crippen LogP contribution in [0.2, 0.25) is 0 Å². The van der Waals surface area contributed by atoms with Crippen LogP contribution in [0.3, 0.4) is 0 Å². The Kier molecular flexibility index (Phi) is 7.62. The van der Waals surface area contributed by atoms with Gasteiger partial charge in [-0.15, -0.1) is 11.6 Å². The topological polar surface area (TPSA) is 38.3 Å². The van der Waals surface area contributed by atoms with Gasteiger partial charge in [0.1, 0.15) is 0 Å². The summed E-state index contributed by atoms with van der Waals surface area (Å²) in [5.74, 6) is 0.140. The van der Waals surface area contributed by atoms with E-state index >= 15 is 0 Å². The van der Waals surface area contributed by atoms with E-state index in [0.29, 0.717) is 12.5 Å². The highest BCUT2D eigenvalue weighted by Crippen LogP contribution is 2.16. The van der Waals surface area contributed by atoms with Crippen molar-refractivity contribution in [3.8, 4) is 0 Å². The summed E-state index contributed by atoms with van der Waals surface area (Å²) in [6, 6.07) is 0. The van der Waals surface area contributed by atoms with E-state index in [4.69, 9.17) is 16.3 Å². The third-order valence-corrected chi connectivity index (χ3v) is 3.29. The summed E-state index contributed by atoms with van der Waals surface area (Å²) in [4.78, 5) is 11.5. The monoisotopic (exact) mass is 261 g/mol. The number of nitrogens with one attached hydrogen (secondary N) is 1. The predicted molar refractivity (Wildman–Crippen MR) is 70.4 cm³/mol. The summed E-state index contributed by atoms with van der Waals surface area (Å²) in [7, 11) is 0. The van der Waals surface area contributed by atoms with Gasteiger partial charge in [0.2, 0.25) is 5.91 Å². The Balaban J connectivity index is 1.96. The van der Waals surface area contributed by atoms with Crippen LogP contribution in [-0.4, -0.2) is 30.5 Å². The summed E-state index contributed by atoms with van der Waals surface area (Å²) in [6.07, 6.45) is 7.16. The standard InChI is InChI=1S/C13H24ClNO2/c1-11(14)5-4-9-15-13(16)8-7-12-6-2-3-10-17-12/h11-12H,2-10H2,1H3,(H,15,16). The van der Waals surface area contributed by atoms with Crippen molar-refractivity contribution in [1.29, 1.82) is 0 Å². The van der Waals surface area contributed by atoms with E-state index in [0.717, 1.165) is 38.8 Å². The van der Waals surface area contributed by atoms with E-state index < -0.39 is 0 Å². The molecule has 0 bridgehead atoms. The minimum absolute atomic E-state index is 0.140. The van der Waals surface area contributed by atoms with Crippen LogP contribution < -0.4 is 5.32 Å². The minimum Gasteiger partial charge on any atom is -0.378 e. The number of alkyl halides is 1. The minimum atomic E-state index is 0.140. The predicted octanol–water partition coefficient (Wildman–Crippen LogP) is 2.86. The first kappa shape index (κ1) is 14.8. The lowest BCUT2D eigenvalue weighted by Crippen LogP contribution is -2.27. The number of rotatable bonds is 7. The zero-order chi connectivity index (χ0) is 12.5. The Labute approximate surface area is 109 Å². The lowest BCUT2D eigenvalue weighted by Gasteiger charge is -2.22. The Hall–Kier alpha value is -0.280. The van der Waals surface area contributed by atoms with Gasteiger partial charge in [-0.2, -0.15) is 0 Å². The Bertz CT molecular complexity index is 215. The smallest absolute Gasteiger partial charge is 0.220 e. The molecule has 17 heavy (non-hydrogen) atoms. The van der Waals surface area contributed by atoms with Gasteiger partial charge in [-0.3, -0.25) is 4.79 Å². The van der Waals surface area contributed by atoms with Crippen molar-refractivity contribution in [3.05, 3.63) is 0 Å². The van der Waals surface area contributed by atoms with Gasteiger partial charge in [0, 0.05) is 24.9 Å². The van der Waals surface area contributed by atoms with Crippen molar-refractivity contribution in [2.24, 2.45) is 0 Å². The molecule has 0 aromatic rings. The third-order valence-electron chi connectivity index (χ3n) is 3.07. The number of hydrogen-bond acceptors (Lipinski definition) is 2. The highest BCUT2D eigenvalue weighted by molar-refractivity contribution is 6.20. The van der Waals surface area contributed by atoms with Crippen LogP contribution in [0.4, 0.5) is 0 Å². The molecular formula is C13H24ClNO2. The summed E-state index contributed by atoms with van der Waals surface area (Å²) < 4.78 is 5.59. The Morgan fingerprint density at radius 1 is 1.53 bits per heavy atom. The molecule has 1 rings (SSSR count). The molecule has 0 spiro atoms. The number of amides is 1. The highest BCUT2D eigenvalue weighted by Gasteiger charge is 2.14. The number of carbonyl (C=O) groups is 1. The first-order chi connectivity index (χ1) is 8.18. The SMILES string of the molecule is CC(Cl)CCCNC(=O)CCC1CCCCO1. The Morgan fingerprint density at radius 2 is 2.35 bits per heavy atom.